The Kier molecular flexibility index (Phi) is 4.79. The van der Waals surface area contributed by atoms with Gasteiger partial charge in [0.15, 0.2) is 6.61 Å². The maximum absolute atomic E-state index is 12.8. The number of rotatable bonds is 6. The van der Waals surface area contributed by atoms with Gasteiger partial charge < -0.3 is 14.3 Å². The van der Waals surface area contributed by atoms with Crippen molar-refractivity contribution in [2.45, 2.75) is 19.8 Å². The van der Waals surface area contributed by atoms with Crippen LogP contribution in [0.5, 0.6) is 5.75 Å². The molecule has 0 radical (unpaired) electrons. The second-order valence-electron chi connectivity index (χ2n) is 5.58. The summed E-state index contributed by atoms with van der Waals surface area (Å²) < 4.78 is 10.9. The van der Waals surface area contributed by atoms with E-state index in [0.29, 0.717) is 34.4 Å². The van der Waals surface area contributed by atoms with E-state index in [1.54, 1.807) is 36.5 Å². The van der Waals surface area contributed by atoms with Gasteiger partial charge in [0.25, 0.3) is 0 Å². The van der Waals surface area contributed by atoms with Gasteiger partial charge in [-0.15, -0.1) is 0 Å². The summed E-state index contributed by atoms with van der Waals surface area (Å²) in [5.74, 6) is -0.639. The Morgan fingerprint density at radius 3 is 2.84 bits per heavy atom. The molecule has 0 aliphatic carbocycles. The molecule has 3 aromatic rings. The number of carbonyl (C=O) groups is 1. The Bertz CT molecular complexity index is 963. The number of aryl methyl sites for hydroxylation is 1. The lowest BCUT2D eigenvalue weighted by molar-refractivity contribution is -0.139. The summed E-state index contributed by atoms with van der Waals surface area (Å²) >= 11 is 0. The molecule has 0 atom stereocenters. The van der Waals surface area contributed by atoms with Crippen molar-refractivity contribution in [3.8, 4) is 17.0 Å². The van der Waals surface area contributed by atoms with Crippen LogP contribution >= 0.6 is 0 Å². The van der Waals surface area contributed by atoms with Crippen molar-refractivity contribution in [1.29, 1.82) is 0 Å². The number of nitrogens with zero attached hydrogens (tertiary/aromatic N) is 1. The summed E-state index contributed by atoms with van der Waals surface area (Å²) in [7, 11) is 0. The molecule has 0 spiro atoms. The molecule has 3 rings (SSSR count). The van der Waals surface area contributed by atoms with Crippen LogP contribution in [0.25, 0.3) is 22.2 Å². The molecule has 1 N–H and O–H groups in total. The van der Waals surface area contributed by atoms with Crippen molar-refractivity contribution in [1.82, 2.24) is 4.98 Å². The Hall–Kier alpha value is -3.15. The van der Waals surface area contributed by atoms with Crippen LogP contribution in [-0.4, -0.2) is 22.7 Å². The lowest BCUT2D eigenvalue weighted by Crippen LogP contribution is -2.11. The smallest absolute Gasteiger partial charge is 0.341 e. The van der Waals surface area contributed by atoms with Crippen LogP contribution in [0.3, 0.4) is 0 Å². The largest absolute Gasteiger partial charge is 0.481 e. The zero-order valence-electron chi connectivity index (χ0n) is 13.7. The first-order chi connectivity index (χ1) is 12.1. The SMILES string of the molecule is CCCc1cc2c(=O)c(-c3ccccn3)coc2cc1OCC(=O)O. The summed E-state index contributed by atoms with van der Waals surface area (Å²) in [5.41, 5.74) is 1.88. The van der Waals surface area contributed by atoms with Gasteiger partial charge in [0.05, 0.1) is 16.6 Å². The van der Waals surface area contributed by atoms with E-state index in [9.17, 15) is 9.59 Å². The highest BCUT2D eigenvalue weighted by Crippen LogP contribution is 2.27. The van der Waals surface area contributed by atoms with Crippen LogP contribution in [-0.2, 0) is 11.2 Å². The zero-order chi connectivity index (χ0) is 17.8. The van der Waals surface area contributed by atoms with E-state index >= 15 is 0 Å². The number of aromatic nitrogens is 1. The second kappa shape index (κ2) is 7.17. The maximum Gasteiger partial charge on any atom is 0.341 e. The molecule has 0 unspecified atom stereocenters. The topological polar surface area (TPSA) is 89.6 Å². The first-order valence-electron chi connectivity index (χ1n) is 7.94. The molecule has 0 aliphatic rings. The third kappa shape index (κ3) is 3.52. The van der Waals surface area contributed by atoms with Gasteiger partial charge in [0.2, 0.25) is 5.43 Å². The van der Waals surface area contributed by atoms with Crippen LogP contribution in [0.15, 0.2) is 52.0 Å². The molecule has 128 valence electrons. The van der Waals surface area contributed by atoms with Gasteiger partial charge in [-0.3, -0.25) is 9.78 Å². The molecule has 6 heteroatoms. The molecule has 2 heterocycles. The van der Waals surface area contributed by atoms with Crippen LogP contribution in [0, 0.1) is 0 Å². The average Bonchev–Trinajstić information content (AvgIpc) is 2.61. The van der Waals surface area contributed by atoms with Crippen molar-refractivity contribution in [3.05, 3.63) is 58.6 Å². The predicted molar refractivity (Wildman–Crippen MR) is 92.8 cm³/mol. The lowest BCUT2D eigenvalue weighted by Gasteiger charge is -2.11. The average molecular weight is 339 g/mol. The summed E-state index contributed by atoms with van der Waals surface area (Å²) in [6.07, 6.45) is 4.48. The molecule has 25 heavy (non-hydrogen) atoms. The molecule has 6 nitrogen and oxygen atoms in total. The highest BCUT2D eigenvalue weighted by Gasteiger charge is 2.14. The standard InChI is InChI=1S/C19H17NO5/c1-2-5-12-8-13-17(9-16(12)25-11-18(21)22)24-10-14(19(13)23)15-6-3-4-7-20-15/h3-4,6-10H,2,5,11H2,1H3,(H,21,22). The number of aliphatic carboxylic acids is 1. The Balaban J connectivity index is 2.13. The Labute approximate surface area is 143 Å². The van der Waals surface area contributed by atoms with Gasteiger partial charge in [-0.1, -0.05) is 19.4 Å². The van der Waals surface area contributed by atoms with Gasteiger partial charge in [-0.05, 0) is 30.2 Å². The summed E-state index contributed by atoms with van der Waals surface area (Å²) in [5, 5.41) is 9.24. The highest BCUT2D eigenvalue weighted by atomic mass is 16.5. The van der Waals surface area contributed by atoms with E-state index in [4.69, 9.17) is 14.3 Å². The quantitative estimate of drug-likeness (QED) is 0.741. The molecule has 0 aliphatic heterocycles. The minimum Gasteiger partial charge on any atom is -0.481 e. The van der Waals surface area contributed by atoms with Gasteiger partial charge >= 0.3 is 5.97 Å². The minimum atomic E-state index is -1.06. The van der Waals surface area contributed by atoms with Crippen molar-refractivity contribution < 1.29 is 19.1 Å². The molecule has 0 bridgehead atoms. The molecule has 1 aromatic carbocycles. The number of benzene rings is 1. The summed E-state index contributed by atoms with van der Waals surface area (Å²) in [4.78, 5) is 27.8. The van der Waals surface area contributed by atoms with E-state index in [-0.39, 0.29) is 5.43 Å². The number of fused-ring (bicyclic) bond motifs is 1. The number of hydrogen-bond acceptors (Lipinski definition) is 5. The summed E-state index contributed by atoms with van der Waals surface area (Å²) in [6.45, 7) is 1.55. The van der Waals surface area contributed by atoms with E-state index in [1.807, 2.05) is 6.92 Å². The fourth-order valence-corrected chi connectivity index (χ4v) is 2.64. The first kappa shape index (κ1) is 16.7. The molecular formula is C19H17NO5. The molecule has 0 saturated heterocycles. The number of ether oxygens (including phenoxy) is 1. The van der Waals surface area contributed by atoms with Gasteiger partial charge in [0, 0.05) is 12.3 Å². The van der Waals surface area contributed by atoms with Gasteiger partial charge in [0.1, 0.15) is 17.6 Å². The summed E-state index contributed by atoms with van der Waals surface area (Å²) in [6, 6.07) is 8.62. The number of hydrogen-bond donors (Lipinski definition) is 1. The normalized spacial score (nSPS) is 10.8. The minimum absolute atomic E-state index is 0.179. The Morgan fingerprint density at radius 2 is 2.16 bits per heavy atom. The first-order valence-corrected chi connectivity index (χ1v) is 7.94. The molecular weight excluding hydrogens is 322 g/mol. The number of pyridine rings is 1. The lowest BCUT2D eigenvalue weighted by atomic mass is 10.0. The van der Waals surface area contributed by atoms with E-state index in [0.717, 1.165) is 12.0 Å². The van der Waals surface area contributed by atoms with Crippen molar-refractivity contribution in [2.24, 2.45) is 0 Å². The molecule has 0 saturated carbocycles. The van der Waals surface area contributed by atoms with Crippen molar-refractivity contribution >= 4 is 16.9 Å². The van der Waals surface area contributed by atoms with E-state index < -0.39 is 12.6 Å². The van der Waals surface area contributed by atoms with Crippen molar-refractivity contribution in [2.75, 3.05) is 6.61 Å². The molecule has 2 aromatic heterocycles. The molecule has 0 fully saturated rings. The van der Waals surface area contributed by atoms with E-state index in [2.05, 4.69) is 4.98 Å². The molecule has 0 amide bonds. The van der Waals surface area contributed by atoms with Crippen LogP contribution in [0.4, 0.5) is 0 Å². The fourth-order valence-electron chi connectivity index (χ4n) is 2.64. The highest BCUT2D eigenvalue weighted by molar-refractivity contribution is 5.83. The predicted octanol–water partition coefficient (Wildman–Crippen LogP) is 3.27. The van der Waals surface area contributed by atoms with E-state index in [1.165, 1.54) is 6.26 Å². The van der Waals surface area contributed by atoms with Crippen molar-refractivity contribution in [3.63, 3.8) is 0 Å². The van der Waals surface area contributed by atoms with Gasteiger partial charge in [-0.25, -0.2) is 4.79 Å². The maximum atomic E-state index is 12.8. The van der Waals surface area contributed by atoms with Crippen LogP contribution in [0.2, 0.25) is 0 Å². The third-order valence-electron chi connectivity index (χ3n) is 3.77. The van der Waals surface area contributed by atoms with Crippen LogP contribution < -0.4 is 10.2 Å². The monoisotopic (exact) mass is 339 g/mol. The Morgan fingerprint density at radius 1 is 1.32 bits per heavy atom. The second-order valence-corrected chi connectivity index (χ2v) is 5.58. The zero-order valence-corrected chi connectivity index (χ0v) is 13.7. The van der Waals surface area contributed by atoms with Gasteiger partial charge in [-0.2, -0.15) is 0 Å². The fraction of sp³-hybridized carbons (Fsp3) is 0.211. The van der Waals surface area contributed by atoms with Crippen LogP contribution in [0.1, 0.15) is 18.9 Å². The third-order valence-corrected chi connectivity index (χ3v) is 3.77. The number of carboxylic acid groups (broad SMARTS) is 1. The number of carboxylic acids is 1.